The molecule has 6 nitrogen and oxygen atoms in total. The molecule has 0 N–H and O–H groups in total. The van der Waals surface area contributed by atoms with E-state index < -0.39 is 0 Å². The zero-order chi connectivity index (χ0) is 15.7. The highest BCUT2D eigenvalue weighted by atomic mass is 32.1. The molecule has 0 aromatic carbocycles. The van der Waals surface area contributed by atoms with Gasteiger partial charge in [0.15, 0.2) is 0 Å². The highest BCUT2D eigenvalue weighted by Crippen LogP contribution is 2.38. The third kappa shape index (κ3) is 3.16. The fourth-order valence-electron chi connectivity index (χ4n) is 3.45. The van der Waals surface area contributed by atoms with E-state index in [9.17, 15) is 0 Å². The van der Waals surface area contributed by atoms with Crippen LogP contribution in [0.5, 0.6) is 5.75 Å². The number of rotatable bonds is 3. The van der Waals surface area contributed by atoms with Gasteiger partial charge in [0.05, 0.1) is 18.4 Å². The number of piperidine rings is 1. The lowest BCUT2D eigenvalue weighted by Crippen LogP contribution is -2.48. The first-order valence-corrected chi connectivity index (χ1v) is 8.80. The molecule has 122 valence electrons. The lowest BCUT2D eigenvalue weighted by atomic mass is 9.89. The highest BCUT2D eigenvalue weighted by Gasteiger charge is 2.45. The van der Waals surface area contributed by atoms with Crippen LogP contribution in [0, 0.1) is 6.92 Å². The molecule has 2 aliphatic heterocycles. The van der Waals surface area contributed by atoms with Gasteiger partial charge in [0.25, 0.3) is 0 Å². The van der Waals surface area contributed by atoms with Crippen LogP contribution in [0.25, 0.3) is 0 Å². The van der Waals surface area contributed by atoms with Crippen molar-refractivity contribution in [3.8, 4) is 5.75 Å². The third-order valence-electron chi connectivity index (χ3n) is 4.44. The van der Waals surface area contributed by atoms with Crippen LogP contribution in [0.3, 0.4) is 0 Å². The van der Waals surface area contributed by atoms with E-state index in [0.29, 0.717) is 6.61 Å². The molecule has 2 aliphatic rings. The Morgan fingerprint density at radius 2 is 2.39 bits per heavy atom. The second-order valence-corrected chi connectivity index (χ2v) is 7.42. The van der Waals surface area contributed by atoms with Gasteiger partial charge >= 0.3 is 0 Å². The number of aromatic nitrogens is 3. The van der Waals surface area contributed by atoms with Crippen LogP contribution in [-0.2, 0) is 4.74 Å². The van der Waals surface area contributed by atoms with E-state index in [-0.39, 0.29) is 11.7 Å². The number of aryl methyl sites for hydroxylation is 1. The number of pyridine rings is 1. The summed E-state index contributed by atoms with van der Waals surface area (Å²) in [6, 6.07) is 3.83. The number of nitrogens with zero attached hydrogens (tertiary/aromatic N) is 4. The van der Waals surface area contributed by atoms with Crippen molar-refractivity contribution in [2.75, 3.05) is 24.6 Å². The molecular weight excluding hydrogens is 312 g/mol. The predicted molar refractivity (Wildman–Crippen MR) is 88.0 cm³/mol. The molecule has 0 aliphatic carbocycles. The minimum absolute atomic E-state index is 0.0929. The maximum absolute atomic E-state index is 6.19. The average Bonchev–Trinajstić information content (AvgIpc) is 3.16. The van der Waals surface area contributed by atoms with E-state index in [1.165, 1.54) is 0 Å². The monoisotopic (exact) mass is 332 g/mol. The second kappa shape index (κ2) is 6.05. The number of anilines is 1. The lowest BCUT2D eigenvalue weighted by molar-refractivity contribution is -0.00816. The number of hydrogen-bond acceptors (Lipinski definition) is 7. The molecule has 7 heteroatoms. The molecule has 2 aromatic heterocycles. The summed E-state index contributed by atoms with van der Waals surface area (Å²) in [6.07, 6.45) is 6.70. The van der Waals surface area contributed by atoms with Gasteiger partial charge in [0, 0.05) is 25.7 Å². The van der Waals surface area contributed by atoms with Crippen LogP contribution in [0.2, 0.25) is 0 Å². The second-order valence-electron chi connectivity index (χ2n) is 6.26. The average molecular weight is 332 g/mol. The predicted octanol–water partition coefficient (Wildman–Crippen LogP) is 2.45. The van der Waals surface area contributed by atoms with Crippen LogP contribution in [0.1, 0.15) is 24.3 Å². The van der Waals surface area contributed by atoms with Gasteiger partial charge in [-0.1, -0.05) is 11.3 Å². The van der Waals surface area contributed by atoms with Crippen LogP contribution in [0.15, 0.2) is 24.5 Å². The van der Waals surface area contributed by atoms with Crippen molar-refractivity contribution in [3.63, 3.8) is 0 Å². The van der Waals surface area contributed by atoms with E-state index in [1.54, 1.807) is 23.7 Å². The molecule has 2 atom stereocenters. The Labute approximate surface area is 139 Å². The quantitative estimate of drug-likeness (QED) is 0.860. The van der Waals surface area contributed by atoms with Gasteiger partial charge in [0.1, 0.15) is 16.9 Å². The summed E-state index contributed by atoms with van der Waals surface area (Å²) in [5, 5.41) is 10.4. The summed E-state index contributed by atoms with van der Waals surface area (Å²) >= 11 is 1.65. The molecule has 0 saturated carbocycles. The number of ether oxygens (including phenoxy) is 2. The minimum atomic E-state index is -0.120. The van der Waals surface area contributed by atoms with Crippen molar-refractivity contribution in [2.45, 2.75) is 37.9 Å². The molecule has 0 radical (unpaired) electrons. The van der Waals surface area contributed by atoms with Gasteiger partial charge in [-0.3, -0.25) is 4.98 Å². The zero-order valence-electron chi connectivity index (χ0n) is 13.1. The Morgan fingerprint density at radius 3 is 3.17 bits per heavy atom. The standard InChI is InChI=1S/C16H20N4O2S/c1-12-18-19-15(23-12)20-7-3-5-16(11-20)8-14(10-21-16)22-13-4-2-6-17-9-13/h2,4,6,9,14H,3,5,7-8,10-11H2,1H3/t14-,16+/m1/s1. The lowest BCUT2D eigenvalue weighted by Gasteiger charge is -2.39. The zero-order valence-corrected chi connectivity index (χ0v) is 14.0. The summed E-state index contributed by atoms with van der Waals surface area (Å²) in [5.74, 6) is 0.811. The van der Waals surface area contributed by atoms with Crippen molar-refractivity contribution in [3.05, 3.63) is 29.5 Å². The van der Waals surface area contributed by atoms with Crippen LogP contribution >= 0.6 is 11.3 Å². The first kappa shape index (κ1) is 14.8. The topological polar surface area (TPSA) is 60.4 Å². The van der Waals surface area contributed by atoms with Crippen molar-refractivity contribution in [1.82, 2.24) is 15.2 Å². The van der Waals surface area contributed by atoms with E-state index >= 15 is 0 Å². The summed E-state index contributed by atoms with van der Waals surface area (Å²) in [5.41, 5.74) is -0.120. The molecule has 0 unspecified atom stereocenters. The van der Waals surface area contributed by atoms with Crippen molar-refractivity contribution < 1.29 is 9.47 Å². The Kier molecular flexibility index (Phi) is 3.90. The van der Waals surface area contributed by atoms with Crippen LogP contribution < -0.4 is 9.64 Å². The highest BCUT2D eigenvalue weighted by molar-refractivity contribution is 7.15. The summed E-state index contributed by atoms with van der Waals surface area (Å²) in [4.78, 5) is 6.40. The normalized spacial score (nSPS) is 27.5. The molecule has 4 rings (SSSR count). The van der Waals surface area contributed by atoms with Crippen molar-refractivity contribution in [2.24, 2.45) is 0 Å². The molecular formula is C16H20N4O2S. The van der Waals surface area contributed by atoms with E-state index in [2.05, 4.69) is 20.1 Å². The molecule has 2 saturated heterocycles. The Bertz CT molecular complexity index is 665. The third-order valence-corrected chi connectivity index (χ3v) is 5.34. The Morgan fingerprint density at radius 1 is 1.43 bits per heavy atom. The van der Waals surface area contributed by atoms with Gasteiger partial charge in [0.2, 0.25) is 5.13 Å². The Hall–Kier alpha value is -1.73. The number of hydrogen-bond donors (Lipinski definition) is 0. The molecule has 1 spiro atoms. The molecule has 23 heavy (non-hydrogen) atoms. The maximum Gasteiger partial charge on any atom is 0.208 e. The van der Waals surface area contributed by atoms with Crippen LogP contribution in [-0.4, -0.2) is 46.6 Å². The molecule has 4 heterocycles. The fourth-order valence-corrected chi connectivity index (χ4v) is 4.16. The maximum atomic E-state index is 6.19. The summed E-state index contributed by atoms with van der Waals surface area (Å²) in [6.45, 7) is 4.52. The molecule has 2 fully saturated rings. The van der Waals surface area contributed by atoms with Gasteiger partial charge in [-0.2, -0.15) is 0 Å². The van der Waals surface area contributed by atoms with Gasteiger partial charge in [-0.25, -0.2) is 0 Å². The van der Waals surface area contributed by atoms with Crippen molar-refractivity contribution in [1.29, 1.82) is 0 Å². The summed E-state index contributed by atoms with van der Waals surface area (Å²) in [7, 11) is 0. The van der Waals surface area contributed by atoms with Gasteiger partial charge < -0.3 is 14.4 Å². The summed E-state index contributed by atoms with van der Waals surface area (Å²) < 4.78 is 12.2. The van der Waals surface area contributed by atoms with E-state index in [1.807, 2.05) is 19.1 Å². The SMILES string of the molecule is Cc1nnc(N2CCC[C@]3(C[C@@H](Oc4cccnc4)CO3)C2)s1. The largest absolute Gasteiger partial charge is 0.486 e. The first-order valence-electron chi connectivity index (χ1n) is 7.98. The first-order chi connectivity index (χ1) is 11.2. The smallest absolute Gasteiger partial charge is 0.208 e. The molecule has 2 aromatic rings. The van der Waals surface area contributed by atoms with Crippen molar-refractivity contribution >= 4 is 16.5 Å². The molecule has 0 amide bonds. The van der Waals surface area contributed by atoms with E-state index in [4.69, 9.17) is 9.47 Å². The Balaban J connectivity index is 1.42. The minimum Gasteiger partial charge on any atom is -0.486 e. The van der Waals surface area contributed by atoms with Gasteiger partial charge in [-0.15, -0.1) is 10.2 Å². The van der Waals surface area contributed by atoms with Gasteiger partial charge in [-0.05, 0) is 31.9 Å². The van der Waals surface area contributed by atoms with E-state index in [0.717, 1.165) is 48.2 Å². The molecule has 0 bridgehead atoms. The van der Waals surface area contributed by atoms with Crippen LogP contribution in [0.4, 0.5) is 5.13 Å². The fraction of sp³-hybridized carbons (Fsp3) is 0.562.